The maximum absolute atomic E-state index is 11.5. The maximum Gasteiger partial charge on any atom is 0.133 e. The van der Waals surface area contributed by atoms with Crippen molar-refractivity contribution in [2.75, 3.05) is 12.4 Å². The van der Waals surface area contributed by atoms with Crippen LogP contribution in [0.2, 0.25) is 0 Å². The minimum atomic E-state index is 0.0109. The van der Waals surface area contributed by atoms with E-state index in [1.807, 2.05) is 11.8 Å². The second-order valence-electron chi connectivity index (χ2n) is 4.60. The van der Waals surface area contributed by atoms with Gasteiger partial charge in [0.25, 0.3) is 0 Å². The highest BCUT2D eigenvalue weighted by Gasteiger charge is 2.27. The Morgan fingerprint density at radius 1 is 1.53 bits per heavy atom. The van der Waals surface area contributed by atoms with Crippen molar-refractivity contribution >= 4 is 17.5 Å². The molecule has 0 radical (unpaired) electrons. The molecule has 1 N–H and O–H groups in total. The summed E-state index contributed by atoms with van der Waals surface area (Å²) in [4.78, 5) is 12.9. The standard InChI is InChI=1S/C14H18O2S/c1-10(16)11(6-7-15)8-12-9-17-14-5-3-2-4-13(12)14/h2-5,11-12,15H,6-9H2,1H3. The van der Waals surface area contributed by atoms with Crippen molar-refractivity contribution in [1.82, 2.24) is 0 Å². The highest BCUT2D eigenvalue weighted by atomic mass is 32.2. The number of carbonyl (C=O) groups excluding carboxylic acids is 1. The molecule has 2 nitrogen and oxygen atoms in total. The third-order valence-electron chi connectivity index (χ3n) is 3.42. The molecule has 1 aliphatic heterocycles. The molecule has 92 valence electrons. The fourth-order valence-electron chi connectivity index (χ4n) is 2.41. The predicted octanol–water partition coefficient (Wildman–Crippen LogP) is 2.85. The summed E-state index contributed by atoms with van der Waals surface area (Å²) in [6.07, 6.45) is 1.47. The maximum atomic E-state index is 11.5. The van der Waals surface area contributed by atoms with Crippen molar-refractivity contribution in [1.29, 1.82) is 0 Å². The van der Waals surface area contributed by atoms with E-state index in [4.69, 9.17) is 5.11 Å². The van der Waals surface area contributed by atoms with Gasteiger partial charge in [-0.15, -0.1) is 11.8 Å². The molecule has 2 rings (SSSR count). The largest absolute Gasteiger partial charge is 0.396 e. The first-order chi connectivity index (χ1) is 8.22. The Morgan fingerprint density at radius 3 is 3.00 bits per heavy atom. The van der Waals surface area contributed by atoms with Crippen LogP contribution < -0.4 is 0 Å². The zero-order valence-electron chi connectivity index (χ0n) is 10.1. The molecule has 0 saturated carbocycles. The number of ketones is 1. The van der Waals surface area contributed by atoms with Crippen LogP contribution in [0.25, 0.3) is 0 Å². The van der Waals surface area contributed by atoms with Gasteiger partial charge in [-0.25, -0.2) is 0 Å². The molecule has 3 heteroatoms. The molecule has 0 aliphatic carbocycles. The van der Waals surface area contributed by atoms with Crippen molar-refractivity contribution in [3.05, 3.63) is 29.8 Å². The second kappa shape index (κ2) is 5.69. The van der Waals surface area contributed by atoms with Crippen molar-refractivity contribution in [3.63, 3.8) is 0 Å². The van der Waals surface area contributed by atoms with Crippen LogP contribution in [0.3, 0.4) is 0 Å². The number of carbonyl (C=O) groups is 1. The molecule has 1 aliphatic rings. The smallest absolute Gasteiger partial charge is 0.133 e. The van der Waals surface area contributed by atoms with Gasteiger partial charge in [0, 0.05) is 23.2 Å². The molecule has 0 amide bonds. The van der Waals surface area contributed by atoms with Crippen LogP contribution in [0.4, 0.5) is 0 Å². The number of benzene rings is 1. The summed E-state index contributed by atoms with van der Waals surface area (Å²) in [6, 6.07) is 8.43. The van der Waals surface area contributed by atoms with Gasteiger partial charge in [0.15, 0.2) is 0 Å². The third-order valence-corrected chi connectivity index (χ3v) is 4.67. The van der Waals surface area contributed by atoms with Crippen LogP contribution in [0, 0.1) is 5.92 Å². The van der Waals surface area contributed by atoms with Crippen molar-refractivity contribution in [2.45, 2.75) is 30.6 Å². The van der Waals surface area contributed by atoms with Gasteiger partial charge >= 0.3 is 0 Å². The zero-order valence-corrected chi connectivity index (χ0v) is 10.9. The quantitative estimate of drug-likeness (QED) is 0.873. The van der Waals surface area contributed by atoms with Crippen LogP contribution in [0.15, 0.2) is 29.2 Å². The van der Waals surface area contributed by atoms with E-state index in [0.29, 0.717) is 12.3 Å². The molecular formula is C14H18O2S. The molecule has 2 unspecified atom stereocenters. The molecule has 0 fully saturated rings. The lowest BCUT2D eigenvalue weighted by molar-refractivity contribution is -0.121. The number of hydrogen-bond donors (Lipinski definition) is 1. The van der Waals surface area contributed by atoms with Crippen molar-refractivity contribution in [2.24, 2.45) is 5.92 Å². The summed E-state index contributed by atoms with van der Waals surface area (Å²) in [7, 11) is 0. The van der Waals surface area contributed by atoms with Gasteiger partial charge in [-0.3, -0.25) is 4.79 Å². The molecular weight excluding hydrogens is 232 g/mol. The zero-order chi connectivity index (χ0) is 12.3. The Labute approximate surface area is 106 Å². The van der Waals surface area contributed by atoms with Gasteiger partial charge in [-0.05, 0) is 37.3 Å². The van der Waals surface area contributed by atoms with Gasteiger partial charge in [0.1, 0.15) is 5.78 Å². The highest BCUT2D eigenvalue weighted by Crippen LogP contribution is 2.42. The Morgan fingerprint density at radius 2 is 2.29 bits per heavy atom. The van der Waals surface area contributed by atoms with Crippen LogP contribution in [0.5, 0.6) is 0 Å². The lowest BCUT2D eigenvalue weighted by Gasteiger charge is -2.17. The van der Waals surface area contributed by atoms with E-state index >= 15 is 0 Å². The first kappa shape index (κ1) is 12.7. The molecule has 0 saturated heterocycles. The Bertz CT molecular complexity index is 403. The van der Waals surface area contributed by atoms with Crippen molar-refractivity contribution in [3.8, 4) is 0 Å². The Hall–Kier alpha value is -0.800. The number of Topliss-reactive ketones (excluding diaryl/α,β-unsaturated/α-hetero) is 1. The number of aliphatic hydroxyl groups excluding tert-OH is 1. The lowest BCUT2D eigenvalue weighted by Crippen LogP contribution is -2.16. The van der Waals surface area contributed by atoms with E-state index in [9.17, 15) is 4.79 Å². The molecule has 1 heterocycles. The third kappa shape index (κ3) is 2.90. The van der Waals surface area contributed by atoms with Crippen LogP contribution >= 0.6 is 11.8 Å². The van der Waals surface area contributed by atoms with Crippen molar-refractivity contribution < 1.29 is 9.90 Å². The number of aliphatic hydroxyl groups is 1. The second-order valence-corrected chi connectivity index (χ2v) is 5.66. The first-order valence-corrected chi connectivity index (χ1v) is 7.04. The topological polar surface area (TPSA) is 37.3 Å². The fraction of sp³-hybridized carbons (Fsp3) is 0.500. The molecule has 1 aromatic carbocycles. The summed E-state index contributed by atoms with van der Waals surface area (Å²) in [5.41, 5.74) is 1.38. The van der Waals surface area contributed by atoms with E-state index in [1.54, 1.807) is 6.92 Å². The van der Waals surface area contributed by atoms with E-state index < -0.39 is 0 Å². The van der Waals surface area contributed by atoms with E-state index in [-0.39, 0.29) is 18.3 Å². The minimum Gasteiger partial charge on any atom is -0.396 e. The molecule has 2 atom stereocenters. The Kier molecular flexibility index (Phi) is 4.24. The van der Waals surface area contributed by atoms with E-state index in [0.717, 1.165) is 12.2 Å². The monoisotopic (exact) mass is 250 g/mol. The van der Waals surface area contributed by atoms with Gasteiger partial charge in [-0.1, -0.05) is 18.2 Å². The molecule has 1 aromatic rings. The fourth-order valence-corrected chi connectivity index (χ4v) is 3.68. The van der Waals surface area contributed by atoms with E-state index in [1.165, 1.54) is 10.5 Å². The SMILES string of the molecule is CC(=O)C(CCO)CC1CSc2ccccc21. The predicted molar refractivity (Wildman–Crippen MR) is 70.4 cm³/mol. The molecule has 0 spiro atoms. The average Bonchev–Trinajstić information content (AvgIpc) is 2.72. The number of hydrogen-bond acceptors (Lipinski definition) is 3. The average molecular weight is 250 g/mol. The summed E-state index contributed by atoms with van der Waals surface area (Å²) >= 11 is 1.87. The van der Waals surface area contributed by atoms with Gasteiger partial charge in [0.05, 0.1) is 0 Å². The lowest BCUT2D eigenvalue weighted by atomic mass is 9.86. The highest BCUT2D eigenvalue weighted by molar-refractivity contribution is 7.99. The number of thioether (sulfide) groups is 1. The summed E-state index contributed by atoms with van der Waals surface area (Å²) < 4.78 is 0. The molecule has 17 heavy (non-hydrogen) atoms. The van der Waals surface area contributed by atoms with Crippen LogP contribution in [-0.2, 0) is 4.79 Å². The van der Waals surface area contributed by atoms with Gasteiger partial charge in [0.2, 0.25) is 0 Å². The summed E-state index contributed by atoms with van der Waals surface area (Å²) in [5, 5.41) is 9.00. The Balaban J connectivity index is 2.07. The van der Waals surface area contributed by atoms with Gasteiger partial charge in [-0.2, -0.15) is 0 Å². The van der Waals surface area contributed by atoms with E-state index in [2.05, 4.69) is 24.3 Å². The molecule has 0 aromatic heterocycles. The molecule has 0 bridgehead atoms. The van der Waals surface area contributed by atoms with Gasteiger partial charge < -0.3 is 5.11 Å². The van der Waals surface area contributed by atoms with Crippen LogP contribution in [-0.4, -0.2) is 23.2 Å². The minimum absolute atomic E-state index is 0.0109. The summed E-state index contributed by atoms with van der Waals surface area (Å²) in [5.74, 6) is 1.75. The first-order valence-electron chi connectivity index (χ1n) is 6.05. The number of fused-ring (bicyclic) bond motifs is 1. The van der Waals surface area contributed by atoms with Crippen LogP contribution in [0.1, 0.15) is 31.2 Å². The summed E-state index contributed by atoms with van der Waals surface area (Å²) in [6.45, 7) is 1.74. The number of rotatable bonds is 5. The normalized spacial score (nSPS) is 20.0.